The number of nitrogens with two attached hydrogens (primary N) is 1. The summed E-state index contributed by atoms with van der Waals surface area (Å²) in [5.74, 6) is -0.119. The van der Waals surface area contributed by atoms with Crippen LogP contribution in [0.3, 0.4) is 0 Å². The summed E-state index contributed by atoms with van der Waals surface area (Å²) in [5.41, 5.74) is 6.87. The first-order valence-corrected chi connectivity index (χ1v) is 8.04. The number of nitrogen functional groups attached to an aromatic ring is 1. The smallest absolute Gasteiger partial charge is 0.243 e. The molecule has 3 N–H and O–H groups in total. The third kappa shape index (κ3) is 2.94. The minimum atomic E-state index is -3.61. The van der Waals surface area contributed by atoms with Gasteiger partial charge >= 0.3 is 0 Å². The van der Waals surface area contributed by atoms with E-state index in [1.807, 2.05) is 6.92 Å². The summed E-state index contributed by atoms with van der Waals surface area (Å²) < 4.78 is 26.8. The van der Waals surface area contributed by atoms with Crippen LogP contribution in [0, 0.1) is 0 Å². The van der Waals surface area contributed by atoms with Gasteiger partial charge in [0.05, 0.1) is 4.90 Å². The van der Waals surface area contributed by atoms with Crippen LogP contribution in [-0.4, -0.2) is 38.3 Å². The van der Waals surface area contributed by atoms with E-state index < -0.39 is 10.0 Å². The van der Waals surface area contributed by atoms with Crippen LogP contribution < -0.4 is 11.1 Å². The van der Waals surface area contributed by atoms with Crippen molar-refractivity contribution in [3.05, 3.63) is 23.8 Å². The molecular formula is C13H19N3O3S. The zero-order valence-corrected chi connectivity index (χ0v) is 12.2. The Hall–Kier alpha value is -1.60. The highest BCUT2D eigenvalue weighted by Crippen LogP contribution is 2.24. The molecular weight excluding hydrogens is 278 g/mol. The summed E-state index contributed by atoms with van der Waals surface area (Å²) in [7, 11) is -3.61. The van der Waals surface area contributed by atoms with Gasteiger partial charge in [0.25, 0.3) is 0 Å². The molecule has 1 aliphatic rings. The molecule has 0 saturated carbocycles. The number of hydrogen-bond acceptors (Lipinski definition) is 4. The first-order chi connectivity index (χ1) is 9.45. The normalized spacial score (nSPS) is 17.6. The fraction of sp³-hybridized carbons (Fsp3) is 0.462. The Morgan fingerprint density at radius 3 is 2.80 bits per heavy atom. The molecule has 1 aromatic rings. The molecule has 0 aliphatic carbocycles. The maximum atomic E-state index is 12.7. The molecule has 1 fully saturated rings. The van der Waals surface area contributed by atoms with Gasteiger partial charge in [0.15, 0.2) is 0 Å². The van der Waals surface area contributed by atoms with Gasteiger partial charge in [0.2, 0.25) is 15.9 Å². The number of benzene rings is 1. The number of nitrogens with zero attached hydrogens (tertiary/aromatic N) is 1. The largest absolute Gasteiger partial charge is 0.399 e. The molecule has 1 amide bonds. The van der Waals surface area contributed by atoms with E-state index in [9.17, 15) is 13.2 Å². The third-order valence-electron chi connectivity index (χ3n) is 3.36. The Labute approximate surface area is 119 Å². The van der Waals surface area contributed by atoms with Gasteiger partial charge in [-0.3, -0.25) is 4.79 Å². The minimum Gasteiger partial charge on any atom is -0.399 e. The van der Waals surface area contributed by atoms with E-state index in [1.165, 1.54) is 10.4 Å². The lowest BCUT2D eigenvalue weighted by atomic mass is 10.1. The van der Waals surface area contributed by atoms with Crippen LogP contribution in [0.25, 0.3) is 0 Å². The number of anilines is 1. The number of carbonyl (C=O) groups excluding carboxylic acids is 1. The second-order valence-electron chi connectivity index (χ2n) is 4.72. The van der Waals surface area contributed by atoms with Gasteiger partial charge in [0.1, 0.15) is 0 Å². The van der Waals surface area contributed by atoms with Crippen molar-refractivity contribution < 1.29 is 13.2 Å². The zero-order valence-electron chi connectivity index (χ0n) is 11.4. The molecule has 1 aliphatic heterocycles. The average molecular weight is 297 g/mol. The van der Waals surface area contributed by atoms with Crippen LogP contribution in [0.2, 0.25) is 0 Å². The quantitative estimate of drug-likeness (QED) is 0.787. The van der Waals surface area contributed by atoms with Crippen molar-refractivity contribution in [3.63, 3.8) is 0 Å². The van der Waals surface area contributed by atoms with Gasteiger partial charge in [-0.05, 0) is 24.1 Å². The molecule has 0 atom stereocenters. The van der Waals surface area contributed by atoms with Gasteiger partial charge in [0, 0.05) is 31.7 Å². The molecule has 1 saturated heterocycles. The Bertz CT molecular complexity index is 613. The fourth-order valence-electron chi connectivity index (χ4n) is 2.23. The summed E-state index contributed by atoms with van der Waals surface area (Å²) in [6.45, 7) is 2.72. The van der Waals surface area contributed by atoms with Crippen molar-refractivity contribution in [2.45, 2.75) is 24.7 Å². The second kappa shape index (κ2) is 5.80. The van der Waals surface area contributed by atoms with Crippen LogP contribution in [0.5, 0.6) is 0 Å². The van der Waals surface area contributed by atoms with Crippen molar-refractivity contribution in [1.82, 2.24) is 9.62 Å². The summed E-state index contributed by atoms with van der Waals surface area (Å²) >= 11 is 0. The molecule has 0 aromatic heterocycles. The van der Waals surface area contributed by atoms with Gasteiger partial charge in [-0.15, -0.1) is 0 Å². The first-order valence-electron chi connectivity index (χ1n) is 6.60. The molecule has 20 heavy (non-hydrogen) atoms. The minimum absolute atomic E-state index is 0.119. The number of amides is 1. The predicted octanol–water partition coefficient (Wildman–Crippen LogP) is 0.342. The van der Waals surface area contributed by atoms with Crippen LogP contribution in [0.1, 0.15) is 18.9 Å². The summed E-state index contributed by atoms with van der Waals surface area (Å²) in [6.07, 6.45) is 0.795. The fourth-order valence-corrected chi connectivity index (χ4v) is 4.00. The van der Waals surface area contributed by atoms with E-state index >= 15 is 0 Å². The Morgan fingerprint density at radius 2 is 2.10 bits per heavy atom. The number of aryl methyl sites for hydroxylation is 1. The number of hydrogen-bond donors (Lipinski definition) is 2. The highest BCUT2D eigenvalue weighted by Gasteiger charge is 2.28. The van der Waals surface area contributed by atoms with Crippen molar-refractivity contribution in [1.29, 1.82) is 0 Å². The van der Waals surface area contributed by atoms with E-state index in [0.717, 1.165) is 5.56 Å². The average Bonchev–Trinajstić information content (AvgIpc) is 2.64. The van der Waals surface area contributed by atoms with Gasteiger partial charge in [-0.1, -0.05) is 13.0 Å². The van der Waals surface area contributed by atoms with E-state index in [1.54, 1.807) is 12.1 Å². The molecule has 0 radical (unpaired) electrons. The Balaban J connectivity index is 2.39. The first kappa shape index (κ1) is 14.8. The molecule has 0 unspecified atom stereocenters. The van der Waals surface area contributed by atoms with E-state index in [2.05, 4.69) is 5.32 Å². The zero-order chi connectivity index (χ0) is 14.8. The second-order valence-corrected chi connectivity index (χ2v) is 6.63. The van der Waals surface area contributed by atoms with Crippen molar-refractivity contribution in [3.8, 4) is 0 Å². The summed E-state index contributed by atoms with van der Waals surface area (Å²) in [6, 6.07) is 4.93. The van der Waals surface area contributed by atoms with Crippen molar-refractivity contribution >= 4 is 21.6 Å². The van der Waals surface area contributed by atoms with E-state index in [-0.39, 0.29) is 30.3 Å². The molecule has 6 nitrogen and oxygen atoms in total. The van der Waals surface area contributed by atoms with Gasteiger partial charge in [-0.25, -0.2) is 8.42 Å². The van der Waals surface area contributed by atoms with Crippen LogP contribution in [0.15, 0.2) is 23.1 Å². The molecule has 7 heteroatoms. The van der Waals surface area contributed by atoms with E-state index in [4.69, 9.17) is 5.73 Å². The van der Waals surface area contributed by atoms with Crippen LogP contribution in [-0.2, 0) is 21.2 Å². The lowest BCUT2D eigenvalue weighted by Crippen LogP contribution is -2.34. The Kier molecular flexibility index (Phi) is 4.29. The number of rotatable bonds is 3. The predicted molar refractivity (Wildman–Crippen MR) is 76.6 cm³/mol. The van der Waals surface area contributed by atoms with Gasteiger partial charge in [-0.2, -0.15) is 4.31 Å². The molecule has 2 rings (SSSR count). The molecule has 1 aromatic carbocycles. The molecule has 110 valence electrons. The van der Waals surface area contributed by atoms with Crippen molar-refractivity contribution in [2.24, 2.45) is 0 Å². The van der Waals surface area contributed by atoms with Crippen LogP contribution >= 0.6 is 0 Å². The topological polar surface area (TPSA) is 92.5 Å². The summed E-state index contributed by atoms with van der Waals surface area (Å²) in [5, 5.41) is 2.67. The monoisotopic (exact) mass is 297 g/mol. The third-order valence-corrected chi connectivity index (χ3v) is 5.34. The maximum Gasteiger partial charge on any atom is 0.243 e. The number of nitrogens with one attached hydrogen (secondary N) is 1. The lowest BCUT2D eigenvalue weighted by Gasteiger charge is -2.21. The Morgan fingerprint density at radius 1 is 1.35 bits per heavy atom. The molecule has 0 spiro atoms. The molecule has 0 bridgehead atoms. The van der Waals surface area contributed by atoms with Crippen LogP contribution in [0.4, 0.5) is 5.69 Å². The number of sulfonamides is 1. The summed E-state index contributed by atoms with van der Waals surface area (Å²) in [4.78, 5) is 11.6. The van der Waals surface area contributed by atoms with Crippen molar-refractivity contribution in [2.75, 3.05) is 25.4 Å². The highest BCUT2D eigenvalue weighted by molar-refractivity contribution is 7.89. The highest BCUT2D eigenvalue weighted by atomic mass is 32.2. The van der Waals surface area contributed by atoms with Gasteiger partial charge < -0.3 is 11.1 Å². The SMILES string of the molecule is CCc1ccc(N)cc1S(=O)(=O)N1CCNC(=O)CC1. The number of carbonyl (C=O) groups is 1. The lowest BCUT2D eigenvalue weighted by molar-refractivity contribution is -0.120. The molecule has 1 heterocycles. The standard InChI is InChI=1S/C13H19N3O3S/c1-2-10-3-4-11(14)9-12(10)20(18,19)16-7-5-13(17)15-6-8-16/h3-4,9H,2,5-8,14H2,1H3,(H,15,17). The van der Waals surface area contributed by atoms with E-state index in [0.29, 0.717) is 18.7 Å². The maximum absolute atomic E-state index is 12.7.